The van der Waals surface area contributed by atoms with Crippen LogP contribution in [-0.4, -0.2) is 6.18 Å². The van der Waals surface area contributed by atoms with Crippen molar-refractivity contribution in [3.05, 3.63) is 11.1 Å². The zero-order valence-corrected chi connectivity index (χ0v) is 6.26. The molecule has 0 nitrogen and oxygen atoms in total. The molecule has 0 rings (SSSR count). The third kappa shape index (κ3) is 3.77. The number of unbranched alkanes of at least 4 members (excludes halogenated alkanes) is 1. The molecule has 0 amide bonds. The summed E-state index contributed by atoms with van der Waals surface area (Å²) in [6, 6.07) is 0. The molecule has 0 aliphatic rings. The number of alkyl halides is 3. The van der Waals surface area contributed by atoms with E-state index in [9.17, 15) is 13.2 Å². The minimum atomic E-state index is -4.36. The van der Waals surface area contributed by atoms with Crippen LogP contribution in [0.25, 0.3) is 0 Å². The molecule has 60 valence electrons. The Labute approximate surface area is 62.7 Å². The van der Waals surface area contributed by atoms with Gasteiger partial charge in [-0.1, -0.05) is 31.0 Å². The second kappa shape index (κ2) is 3.86. The van der Waals surface area contributed by atoms with Gasteiger partial charge in [-0.15, -0.1) is 0 Å². The lowest BCUT2D eigenvalue weighted by Gasteiger charge is -2.02. The van der Waals surface area contributed by atoms with Crippen LogP contribution in [0.4, 0.5) is 13.2 Å². The molecule has 0 unspecified atom stereocenters. The van der Waals surface area contributed by atoms with Gasteiger partial charge in [0, 0.05) is 0 Å². The smallest absolute Gasteiger partial charge is 0.165 e. The van der Waals surface area contributed by atoms with Gasteiger partial charge in [-0.3, -0.25) is 0 Å². The van der Waals surface area contributed by atoms with Crippen LogP contribution in [0.2, 0.25) is 0 Å². The Bertz CT molecular complexity index is 125. The Balaban J connectivity index is 3.93. The molecule has 0 aromatic heterocycles. The van der Waals surface area contributed by atoms with Crippen molar-refractivity contribution in [2.45, 2.75) is 25.9 Å². The fourth-order valence-corrected chi connectivity index (χ4v) is 0.496. The average molecular weight is 173 g/mol. The third-order valence-electron chi connectivity index (χ3n) is 0.883. The van der Waals surface area contributed by atoms with E-state index in [1.807, 2.05) is 0 Å². The molecule has 0 saturated carbocycles. The highest BCUT2D eigenvalue weighted by atomic mass is 35.5. The Kier molecular flexibility index (Phi) is 3.79. The summed E-state index contributed by atoms with van der Waals surface area (Å²) in [4.78, 5) is 0. The minimum Gasteiger partial charge on any atom is -0.165 e. The normalized spacial score (nSPS) is 13.9. The molecule has 4 heteroatoms. The van der Waals surface area contributed by atoms with Crippen molar-refractivity contribution in [2.75, 3.05) is 0 Å². The van der Waals surface area contributed by atoms with E-state index >= 15 is 0 Å². The number of hydrogen-bond acceptors (Lipinski definition) is 0. The molecule has 0 aromatic rings. The fourth-order valence-electron chi connectivity index (χ4n) is 0.387. The molecule has 0 aliphatic heterocycles. The first-order valence-electron chi connectivity index (χ1n) is 2.91. The molecular weight excluding hydrogens is 165 g/mol. The molecule has 0 bridgehead atoms. The molecule has 0 spiro atoms. The van der Waals surface area contributed by atoms with E-state index in [-0.39, 0.29) is 0 Å². The quantitative estimate of drug-likeness (QED) is 0.598. The van der Waals surface area contributed by atoms with Gasteiger partial charge in [0.25, 0.3) is 0 Å². The predicted molar refractivity (Wildman–Crippen MR) is 34.9 cm³/mol. The summed E-state index contributed by atoms with van der Waals surface area (Å²) in [5.74, 6) is 0. The molecule has 0 radical (unpaired) electrons. The molecule has 0 aliphatic carbocycles. The van der Waals surface area contributed by atoms with E-state index in [1.54, 1.807) is 6.92 Å². The summed E-state index contributed by atoms with van der Waals surface area (Å²) in [6.07, 6.45) is -2.33. The van der Waals surface area contributed by atoms with Crippen LogP contribution < -0.4 is 0 Å². The zero-order valence-electron chi connectivity index (χ0n) is 5.50. The van der Waals surface area contributed by atoms with Gasteiger partial charge in [0.2, 0.25) is 0 Å². The van der Waals surface area contributed by atoms with Crippen molar-refractivity contribution in [1.82, 2.24) is 0 Å². The van der Waals surface area contributed by atoms with Crippen molar-refractivity contribution in [1.29, 1.82) is 0 Å². The second-order valence-corrected chi connectivity index (χ2v) is 2.25. The lowest BCUT2D eigenvalue weighted by atomic mass is 10.3. The Morgan fingerprint density at radius 1 is 1.50 bits per heavy atom. The molecular formula is C6H8ClF3. The summed E-state index contributed by atoms with van der Waals surface area (Å²) in [5, 5.41) is -1.02. The third-order valence-corrected chi connectivity index (χ3v) is 1.25. The summed E-state index contributed by atoms with van der Waals surface area (Å²) < 4.78 is 34.7. The van der Waals surface area contributed by atoms with Gasteiger partial charge in [0.05, 0.1) is 0 Å². The van der Waals surface area contributed by atoms with Gasteiger partial charge in [0.1, 0.15) is 5.03 Å². The van der Waals surface area contributed by atoms with Gasteiger partial charge in [-0.2, -0.15) is 13.2 Å². The average Bonchev–Trinajstić information content (AvgIpc) is 1.80. The Morgan fingerprint density at radius 2 is 2.00 bits per heavy atom. The highest BCUT2D eigenvalue weighted by Gasteiger charge is 2.31. The zero-order chi connectivity index (χ0) is 8.20. The monoisotopic (exact) mass is 172 g/mol. The predicted octanol–water partition coefficient (Wildman–Crippen LogP) is 3.47. The van der Waals surface area contributed by atoms with Crippen LogP contribution >= 0.6 is 11.6 Å². The van der Waals surface area contributed by atoms with Gasteiger partial charge < -0.3 is 0 Å². The largest absolute Gasteiger partial charge is 0.426 e. The molecule has 0 saturated heterocycles. The lowest BCUT2D eigenvalue weighted by molar-refractivity contribution is -0.0847. The maximum Gasteiger partial charge on any atom is 0.426 e. The highest BCUT2D eigenvalue weighted by molar-refractivity contribution is 6.30. The first kappa shape index (κ1) is 9.82. The summed E-state index contributed by atoms with van der Waals surface area (Å²) in [5.41, 5.74) is 0. The standard InChI is InChI=1S/C6H8ClF3/c1-2-3-4-5(7)6(8,9)10/h4H,2-3H2,1H3/b5-4-. The van der Waals surface area contributed by atoms with Crippen LogP contribution in [0.5, 0.6) is 0 Å². The molecule has 0 atom stereocenters. The van der Waals surface area contributed by atoms with Crippen LogP contribution in [-0.2, 0) is 0 Å². The second-order valence-electron chi connectivity index (χ2n) is 1.84. The van der Waals surface area contributed by atoms with Crippen LogP contribution in [0.3, 0.4) is 0 Å². The number of allylic oxidation sites excluding steroid dienone is 2. The van der Waals surface area contributed by atoms with Crippen molar-refractivity contribution in [3.63, 3.8) is 0 Å². The minimum absolute atomic E-state index is 0.373. The molecule has 0 N–H and O–H groups in total. The summed E-state index contributed by atoms with van der Waals surface area (Å²) >= 11 is 4.87. The Hall–Kier alpha value is -0.180. The van der Waals surface area contributed by atoms with E-state index in [4.69, 9.17) is 11.6 Å². The van der Waals surface area contributed by atoms with Gasteiger partial charge >= 0.3 is 6.18 Å². The van der Waals surface area contributed by atoms with E-state index in [0.29, 0.717) is 12.8 Å². The van der Waals surface area contributed by atoms with E-state index < -0.39 is 11.2 Å². The summed E-state index contributed by atoms with van der Waals surface area (Å²) in [7, 11) is 0. The lowest BCUT2D eigenvalue weighted by Crippen LogP contribution is -2.06. The van der Waals surface area contributed by atoms with Gasteiger partial charge in [-0.05, 0) is 6.42 Å². The van der Waals surface area contributed by atoms with Crippen molar-refractivity contribution in [3.8, 4) is 0 Å². The topological polar surface area (TPSA) is 0 Å². The van der Waals surface area contributed by atoms with Crippen LogP contribution in [0, 0.1) is 0 Å². The van der Waals surface area contributed by atoms with E-state index in [1.165, 1.54) is 0 Å². The molecule has 0 fully saturated rings. The number of rotatable bonds is 2. The maximum atomic E-state index is 11.6. The van der Waals surface area contributed by atoms with Crippen molar-refractivity contribution >= 4 is 11.6 Å². The van der Waals surface area contributed by atoms with Crippen molar-refractivity contribution in [2.24, 2.45) is 0 Å². The van der Waals surface area contributed by atoms with Crippen LogP contribution in [0.15, 0.2) is 11.1 Å². The summed E-state index contributed by atoms with van der Waals surface area (Å²) in [6.45, 7) is 1.79. The number of hydrogen-bond donors (Lipinski definition) is 0. The SMILES string of the molecule is CCC/C=C(\Cl)C(F)(F)F. The van der Waals surface area contributed by atoms with E-state index in [0.717, 1.165) is 6.08 Å². The van der Waals surface area contributed by atoms with Crippen LogP contribution in [0.1, 0.15) is 19.8 Å². The van der Waals surface area contributed by atoms with Crippen molar-refractivity contribution < 1.29 is 13.2 Å². The van der Waals surface area contributed by atoms with Gasteiger partial charge in [0.15, 0.2) is 0 Å². The van der Waals surface area contributed by atoms with E-state index in [2.05, 4.69) is 0 Å². The molecule has 0 heterocycles. The van der Waals surface area contributed by atoms with Gasteiger partial charge in [-0.25, -0.2) is 0 Å². The first-order valence-corrected chi connectivity index (χ1v) is 3.29. The molecule has 10 heavy (non-hydrogen) atoms. The maximum absolute atomic E-state index is 11.6. The highest BCUT2D eigenvalue weighted by Crippen LogP contribution is 2.28. The first-order chi connectivity index (χ1) is 4.48. The number of halogens is 4. The fraction of sp³-hybridized carbons (Fsp3) is 0.667. The molecule has 0 aromatic carbocycles. The Morgan fingerprint density at radius 3 is 2.30 bits per heavy atom.